The minimum absolute atomic E-state index is 0.322. The number of hydrogen-bond donors (Lipinski definition) is 1. The number of carbonyl (C=O) groups is 1. The van der Waals surface area contributed by atoms with Gasteiger partial charge in [0.15, 0.2) is 0 Å². The number of rotatable bonds is 8. The molecule has 2 aromatic rings. The van der Waals surface area contributed by atoms with Gasteiger partial charge in [-0.3, -0.25) is 9.10 Å². The molecule has 164 valence electrons. The Labute approximate surface area is 183 Å². The van der Waals surface area contributed by atoms with Gasteiger partial charge in [-0.2, -0.15) is 0 Å². The van der Waals surface area contributed by atoms with E-state index in [1.54, 1.807) is 44.4 Å². The lowest BCUT2D eigenvalue weighted by atomic mass is 10.1. The highest BCUT2D eigenvalue weighted by molar-refractivity contribution is 7.92. The Balaban J connectivity index is 2.33. The molecule has 7 nitrogen and oxygen atoms in total. The predicted molar refractivity (Wildman–Crippen MR) is 119 cm³/mol. The first kappa shape index (κ1) is 23.8. The third-order valence-electron chi connectivity index (χ3n) is 4.76. The van der Waals surface area contributed by atoms with Crippen molar-refractivity contribution in [1.82, 2.24) is 5.32 Å². The van der Waals surface area contributed by atoms with Crippen molar-refractivity contribution in [2.24, 2.45) is 0 Å². The molecular formula is C21H27ClN2O5S. The van der Waals surface area contributed by atoms with Crippen molar-refractivity contribution >= 4 is 33.2 Å². The fourth-order valence-electron chi connectivity index (χ4n) is 3.12. The third-order valence-corrected chi connectivity index (χ3v) is 6.41. The Kier molecular flexibility index (Phi) is 7.60. The summed E-state index contributed by atoms with van der Waals surface area (Å²) in [5.41, 5.74) is 1.84. The summed E-state index contributed by atoms with van der Waals surface area (Å²) in [5, 5.41) is 3.28. The molecule has 0 aromatic heterocycles. The number of hydrogen-bond acceptors (Lipinski definition) is 5. The number of aryl methyl sites for hydroxylation is 1. The number of sulfonamides is 1. The van der Waals surface area contributed by atoms with Gasteiger partial charge in [0.05, 0.1) is 32.2 Å². The van der Waals surface area contributed by atoms with Gasteiger partial charge in [0.25, 0.3) is 0 Å². The monoisotopic (exact) mass is 454 g/mol. The lowest BCUT2D eigenvalue weighted by molar-refractivity contribution is -0.122. The summed E-state index contributed by atoms with van der Waals surface area (Å²) in [6.45, 7) is 5.13. The number of ether oxygens (including phenoxy) is 2. The van der Waals surface area contributed by atoms with Crippen molar-refractivity contribution in [2.75, 3.05) is 24.8 Å². The number of halogens is 1. The average molecular weight is 455 g/mol. The Hall–Kier alpha value is -2.45. The number of benzene rings is 2. The summed E-state index contributed by atoms with van der Waals surface area (Å²) in [6, 6.07) is 8.69. The molecule has 2 rings (SSSR count). The third kappa shape index (κ3) is 5.37. The smallest absolute Gasteiger partial charge is 0.244 e. The number of nitrogens with zero attached hydrogens (tertiary/aromatic N) is 1. The Bertz CT molecular complexity index is 1030. The van der Waals surface area contributed by atoms with E-state index in [-0.39, 0.29) is 0 Å². The summed E-state index contributed by atoms with van der Waals surface area (Å²) in [4.78, 5) is 13.0. The van der Waals surface area contributed by atoms with Gasteiger partial charge in [0.2, 0.25) is 15.9 Å². The molecule has 0 unspecified atom stereocenters. The van der Waals surface area contributed by atoms with Crippen LogP contribution in [0.5, 0.6) is 11.5 Å². The number of anilines is 1. The topological polar surface area (TPSA) is 84.9 Å². The molecular weight excluding hydrogens is 428 g/mol. The summed E-state index contributed by atoms with van der Waals surface area (Å²) in [6.07, 6.45) is 1.05. The fourth-order valence-corrected chi connectivity index (χ4v) is 4.46. The molecule has 0 fully saturated rings. The molecule has 0 saturated heterocycles. The van der Waals surface area contributed by atoms with Crippen molar-refractivity contribution in [3.05, 3.63) is 52.5 Å². The second kappa shape index (κ2) is 9.57. The Morgan fingerprint density at radius 3 is 2.30 bits per heavy atom. The highest BCUT2D eigenvalue weighted by Gasteiger charge is 2.30. The fraction of sp³-hybridized carbons (Fsp3) is 0.381. The summed E-state index contributed by atoms with van der Waals surface area (Å²) in [5.74, 6) is 0.739. The molecule has 1 N–H and O–H groups in total. The molecule has 2 aromatic carbocycles. The van der Waals surface area contributed by atoms with Crippen molar-refractivity contribution in [3.63, 3.8) is 0 Å². The number of carbonyl (C=O) groups excluding carboxylic acids is 1. The van der Waals surface area contributed by atoms with E-state index in [0.29, 0.717) is 27.8 Å². The molecule has 0 heterocycles. The standard InChI is InChI=1S/C21H27ClN2O5S/c1-13-7-8-16(11-19(13)22)24(30(6,26)27)15(3)21(25)23-14(2)18-12-17(28-4)9-10-20(18)29-5/h7-12,14-15H,1-6H3,(H,23,25)/t14-,15-/m1/s1. The predicted octanol–water partition coefficient (Wildman–Crippen LogP) is 3.70. The molecule has 0 radical (unpaired) electrons. The van der Waals surface area contributed by atoms with Crippen LogP contribution in [-0.4, -0.2) is 40.8 Å². The zero-order valence-corrected chi connectivity index (χ0v) is 19.5. The van der Waals surface area contributed by atoms with Crippen LogP contribution in [0.2, 0.25) is 5.02 Å². The molecule has 0 aliphatic heterocycles. The van der Waals surface area contributed by atoms with Crippen LogP contribution < -0.4 is 19.1 Å². The van der Waals surface area contributed by atoms with Crippen molar-refractivity contribution < 1.29 is 22.7 Å². The highest BCUT2D eigenvalue weighted by Crippen LogP contribution is 2.30. The van der Waals surface area contributed by atoms with Crippen LogP contribution in [0.4, 0.5) is 5.69 Å². The van der Waals surface area contributed by atoms with Crippen molar-refractivity contribution in [2.45, 2.75) is 32.9 Å². The lowest BCUT2D eigenvalue weighted by Gasteiger charge is -2.29. The van der Waals surface area contributed by atoms with Gasteiger partial charge >= 0.3 is 0 Å². The van der Waals surface area contributed by atoms with Crippen molar-refractivity contribution in [1.29, 1.82) is 0 Å². The molecule has 0 bridgehead atoms. The quantitative estimate of drug-likeness (QED) is 0.657. The molecule has 0 aliphatic carbocycles. The summed E-state index contributed by atoms with van der Waals surface area (Å²) < 4.78 is 36.6. The first-order valence-electron chi connectivity index (χ1n) is 9.27. The van der Waals surface area contributed by atoms with Crippen LogP contribution in [0.1, 0.15) is 31.0 Å². The molecule has 1 amide bonds. The second-order valence-corrected chi connectivity index (χ2v) is 9.27. The minimum Gasteiger partial charge on any atom is -0.497 e. The van der Waals surface area contributed by atoms with E-state index in [9.17, 15) is 13.2 Å². The van der Waals surface area contributed by atoms with Gasteiger partial charge in [-0.15, -0.1) is 0 Å². The molecule has 0 aliphatic rings. The molecule has 30 heavy (non-hydrogen) atoms. The van der Waals surface area contributed by atoms with Gasteiger partial charge in [0.1, 0.15) is 17.5 Å². The lowest BCUT2D eigenvalue weighted by Crippen LogP contribution is -2.48. The van der Waals surface area contributed by atoms with Crippen LogP contribution in [0, 0.1) is 6.92 Å². The Morgan fingerprint density at radius 1 is 1.10 bits per heavy atom. The van der Waals surface area contributed by atoms with Crippen LogP contribution in [-0.2, 0) is 14.8 Å². The van der Waals surface area contributed by atoms with Gasteiger partial charge in [-0.1, -0.05) is 17.7 Å². The molecule has 9 heteroatoms. The SMILES string of the molecule is COc1ccc(OC)c([C@@H](C)NC(=O)[C@@H](C)N(c2ccc(C)c(Cl)c2)S(C)(=O)=O)c1. The van der Waals surface area contributed by atoms with Crippen LogP contribution in [0.3, 0.4) is 0 Å². The number of methoxy groups -OCH3 is 2. The maximum atomic E-state index is 13.0. The minimum atomic E-state index is -3.75. The van der Waals surface area contributed by atoms with Crippen LogP contribution >= 0.6 is 11.6 Å². The molecule has 0 spiro atoms. The van der Waals surface area contributed by atoms with Gasteiger partial charge in [-0.25, -0.2) is 8.42 Å². The first-order chi connectivity index (χ1) is 14.0. The van der Waals surface area contributed by atoms with E-state index >= 15 is 0 Å². The van der Waals surface area contributed by atoms with E-state index < -0.39 is 28.0 Å². The largest absolute Gasteiger partial charge is 0.497 e. The van der Waals surface area contributed by atoms with Crippen molar-refractivity contribution in [3.8, 4) is 11.5 Å². The van der Waals surface area contributed by atoms with Gasteiger partial charge in [-0.05, 0) is 56.7 Å². The summed E-state index contributed by atoms with van der Waals surface area (Å²) in [7, 11) is -0.661. The second-order valence-electron chi connectivity index (χ2n) is 7.01. The van der Waals surface area contributed by atoms with E-state index in [0.717, 1.165) is 16.1 Å². The van der Waals surface area contributed by atoms with Gasteiger partial charge in [0, 0.05) is 10.6 Å². The number of nitrogens with one attached hydrogen (secondary N) is 1. The first-order valence-corrected chi connectivity index (χ1v) is 11.5. The van der Waals surface area contributed by atoms with Crippen LogP contribution in [0.15, 0.2) is 36.4 Å². The zero-order valence-electron chi connectivity index (χ0n) is 17.9. The van der Waals surface area contributed by atoms with E-state index in [1.165, 1.54) is 20.1 Å². The van der Waals surface area contributed by atoms with Crippen LogP contribution in [0.25, 0.3) is 0 Å². The maximum Gasteiger partial charge on any atom is 0.244 e. The normalized spacial score (nSPS) is 13.3. The average Bonchev–Trinajstić information content (AvgIpc) is 2.68. The zero-order chi connectivity index (χ0) is 22.6. The molecule has 2 atom stereocenters. The van der Waals surface area contributed by atoms with E-state index in [4.69, 9.17) is 21.1 Å². The Morgan fingerprint density at radius 2 is 1.77 bits per heavy atom. The molecule has 0 saturated carbocycles. The number of amides is 1. The van der Waals surface area contributed by atoms with Gasteiger partial charge < -0.3 is 14.8 Å². The van der Waals surface area contributed by atoms with E-state index in [2.05, 4.69) is 5.32 Å². The van der Waals surface area contributed by atoms with E-state index in [1.807, 2.05) is 6.92 Å². The highest BCUT2D eigenvalue weighted by atomic mass is 35.5. The summed E-state index contributed by atoms with van der Waals surface area (Å²) >= 11 is 6.17. The maximum absolute atomic E-state index is 13.0.